The number of nitrogens with one attached hydrogen (secondary N) is 1. The molecule has 0 bridgehead atoms. The summed E-state index contributed by atoms with van der Waals surface area (Å²) in [6, 6.07) is -0.906. The van der Waals surface area contributed by atoms with Gasteiger partial charge in [0.2, 0.25) is 5.24 Å². The van der Waals surface area contributed by atoms with E-state index in [9.17, 15) is 4.79 Å². The third-order valence-electron chi connectivity index (χ3n) is 1.00. The third kappa shape index (κ3) is 3.82. The van der Waals surface area contributed by atoms with E-state index < -0.39 is 11.3 Å². The molecule has 0 aliphatic rings. The van der Waals surface area contributed by atoms with Crippen molar-refractivity contribution in [3.8, 4) is 0 Å². The number of hydrogen-bond donors (Lipinski definition) is 2. The highest BCUT2D eigenvalue weighted by Crippen LogP contribution is 1.92. The highest BCUT2D eigenvalue weighted by atomic mass is 35.5. The monoisotopic (exact) mass is 184 g/mol. The average molecular weight is 185 g/mol. The summed E-state index contributed by atoms with van der Waals surface area (Å²) in [6.07, 6.45) is 0.472. The fraction of sp³-hybridized carbons (Fsp3) is 0.600. The molecule has 0 radical (unpaired) electrons. The van der Waals surface area contributed by atoms with E-state index in [-0.39, 0.29) is 18.1 Å². The van der Waals surface area contributed by atoms with Crippen molar-refractivity contribution in [3.05, 3.63) is 0 Å². The van der Waals surface area contributed by atoms with Gasteiger partial charge in [-0.05, 0) is 18.0 Å². The van der Waals surface area contributed by atoms with E-state index in [4.69, 9.17) is 22.7 Å². The van der Waals surface area contributed by atoms with E-state index in [1.165, 1.54) is 0 Å². The van der Waals surface area contributed by atoms with Crippen molar-refractivity contribution in [1.82, 2.24) is 0 Å². The second-order valence-electron chi connectivity index (χ2n) is 1.66. The lowest BCUT2D eigenvalue weighted by Gasteiger charge is -2.03. The van der Waals surface area contributed by atoms with Crippen LogP contribution >= 0.6 is 24.0 Å². The first kappa shape index (κ1) is 12.5. The maximum Gasteiger partial charge on any atom is 0.244 e. The summed E-state index contributed by atoms with van der Waals surface area (Å²) in [5, 5.41) is 6.38. The van der Waals surface area contributed by atoms with Crippen LogP contribution in [0.1, 0.15) is 13.3 Å². The van der Waals surface area contributed by atoms with Gasteiger partial charge >= 0.3 is 0 Å². The highest BCUT2D eigenvalue weighted by molar-refractivity contribution is 6.66. The van der Waals surface area contributed by atoms with Gasteiger partial charge < -0.3 is 11.1 Å². The molecule has 10 heavy (non-hydrogen) atoms. The second-order valence-corrected chi connectivity index (χ2v) is 2.03. The number of carbonyl (C=O) groups excluding carboxylic acids is 1. The van der Waals surface area contributed by atoms with Crippen LogP contribution in [0.4, 0.5) is 0 Å². The van der Waals surface area contributed by atoms with Gasteiger partial charge in [-0.1, -0.05) is 6.92 Å². The molecule has 1 unspecified atom stereocenters. The Bertz CT molecular complexity index is 138. The molecule has 0 aromatic carbocycles. The second kappa shape index (κ2) is 5.65. The van der Waals surface area contributed by atoms with Crippen LogP contribution in [0.2, 0.25) is 0 Å². The van der Waals surface area contributed by atoms with Gasteiger partial charge in [0.25, 0.3) is 0 Å². The molecular formula is C5H10Cl2N2O. The third-order valence-corrected chi connectivity index (χ3v) is 1.24. The molecule has 0 saturated heterocycles. The topological polar surface area (TPSA) is 66.9 Å². The van der Waals surface area contributed by atoms with Crippen LogP contribution in [0.15, 0.2) is 0 Å². The Morgan fingerprint density at radius 1 is 1.80 bits per heavy atom. The Kier molecular flexibility index (Phi) is 7.09. The van der Waals surface area contributed by atoms with Crippen molar-refractivity contribution >= 4 is 35.0 Å². The predicted octanol–water partition coefficient (Wildman–Crippen LogP) is 0.931. The lowest BCUT2D eigenvalue weighted by molar-refractivity contribution is -0.111. The van der Waals surface area contributed by atoms with E-state index >= 15 is 0 Å². The summed E-state index contributed by atoms with van der Waals surface area (Å²) >= 11 is 5.00. The zero-order valence-electron chi connectivity index (χ0n) is 5.56. The van der Waals surface area contributed by atoms with Crippen molar-refractivity contribution in [3.63, 3.8) is 0 Å². The first-order valence-corrected chi connectivity index (χ1v) is 2.99. The van der Waals surface area contributed by atoms with Crippen molar-refractivity contribution in [2.24, 2.45) is 5.73 Å². The predicted molar refractivity (Wildman–Crippen MR) is 44.1 cm³/mol. The number of halogens is 2. The van der Waals surface area contributed by atoms with E-state index in [1.54, 1.807) is 6.92 Å². The van der Waals surface area contributed by atoms with Gasteiger partial charge in [-0.2, -0.15) is 0 Å². The fourth-order valence-electron chi connectivity index (χ4n) is 0.357. The van der Waals surface area contributed by atoms with Gasteiger partial charge in [-0.3, -0.25) is 4.79 Å². The zero-order chi connectivity index (χ0) is 7.44. The maximum atomic E-state index is 10.2. The lowest BCUT2D eigenvalue weighted by Crippen LogP contribution is -2.34. The molecule has 0 aliphatic carbocycles. The average Bonchev–Trinajstić information content (AvgIpc) is 1.84. The molecule has 3 nitrogen and oxygen atoms in total. The number of rotatable bonds is 3. The van der Waals surface area contributed by atoms with Crippen LogP contribution in [0.5, 0.6) is 0 Å². The summed E-state index contributed by atoms with van der Waals surface area (Å²) in [4.78, 5) is 10.2. The summed E-state index contributed by atoms with van der Waals surface area (Å²) < 4.78 is 0. The normalized spacial score (nSPS) is 11.5. The van der Waals surface area contributed by atoms with Crippen LogP contribution in [0.25, 0.3) is 0 Å². The van der Waals surface area contributed by atoms with Crippen molar-refractivity contribution < 1.29 is 4.79 Å². The summed E-state index contributed by atoms with van der Waals surface area (Å²) in [5.41, 5.74) is 5.34. The molecule has 60 valence electrons. The van der Waals surface area contributed by atoms with Crippen molar-refractivity contribution in [2.75, 3.05) is 0 Å². The van der Waals surface area contributed by atoms with E-state index in [1.807, 2.05) is 0 Å². The minimum atomic E-state index is -0.906. The molecule has 5 heteroatoms. The van der Waals surface area contributed by atoms with Crippen LogP contribution in [0.3, 0.4) is 0 Å². The maximum absolute atomic E-state index is 10.2. The molecule has 0 aromatic rings. The Balaban J connectivity index is 0. The first-order valence-electron chi connectivity index (χ1n) is 2.61. The SMILES string of the molecule is CCC(=N)C(N)C(=O)Cl.Cl. The minimum absolute atomic E-state index is 0. The zero-order valence-corrected chi connectivity index (χ0v) is 7.13. The number of carbonyl (C=O) groups is 1. The van der Waals surface area contributed by atoms with Gasteiger partial charge in [0, 0.05) is 5.71 Å². The Hall–Kier alpha value is -0.120. The molecule has 0 aliphatic heterocycles. The van der Waals surface area contributed by atoms with E-state index in [0.717, 1.165) is 0 Å². The smallest absolute Gasteiger partial charge is 0.244 e. The molecule has 3 N–H and O–H groups in total. The van der Waals surface area contributed by atoms with Gasteiger partial charge in [-0.25, -0.2) is 0 Å². The molecule has 0 amide bonds. The largest absolute Gasteiger partial charge is 0.316 e. The van der Waals surface area contributed by atoms with Gasteiger partial charge in [-0.15, -0.1) is 12.4 Å². The van der Waals surface area contributed by atoms with Gasteiger partial charge in [0.05, 0.1) is 0 Å². The van der Waals surface area contributed by atoms with Crippen LogP contribution in [-0.4, -0.2) is 17.0 Å². The molecule has 0 rings (SSSR count). The molecule has 0 aromatic heterocycles. The molecule has 0 spiro atoms. The van der Waals surface area contributed by atoms with Crippen LogP contribution in [0, 0.1) is 5.41 Å². The van der Waals surface area contributed by atoms with Crippen molar-refractivity contribution in [2.45, 2.75) is 19.4 Å². The summed E-state index contributed by atoms with van der Waals surface area (Å²) in [5.74, 6) is 0. The molecule has 0 saturated carbocycles. The van der Waals surface area contributed by atoms with E-state index in [0.29, 0.717) is 6.42 Å². The highest BCUT2D eigenvalue weighted by Gasteiger charge is 2.13. The van der Waals surface area contributed by atoms with Crippen LogP contribution in [-0.2, 0) is 4.79 Å². The van der Waals surface area contributed by atoms with Crippen molar-refractivity contribution in [1.29, 1.82) is 5.41 Å². The molecular weight excluding hydrogens is 175 g/mol. The Labute approximate surface area is 70.8 Å². The summed E-state index contributed by atoms with van der Waals surface area (Å²) in [7, 11) is 0. The van der Waals surface area contributed by atoms with Gasteiger partial charge in [0.15, 0.2) is 0 Å². The molecule has 1 atom stereocenters. The fourth-order valence-corrected chi connectivity index (χ4v) is 0.489. The molecule has 0 fully saturated rings. The first-order chi connectivity index (χ1) is 4.09. The minimum Gasteiger partial charge on any atom is -0.316 e. The van der Waals surface area contributed by atoms with Crippen LogP contribution < -0.4 is 5.73 Å². The number of nitrogens with two attached hydrogens (primary N) is 1. The standard InChI is InChI=1S/C5H9ClN2O.ClH/c1-2-3(7)4(8)5(6)9;/h4,7H,2,8H2,1H3;1H. The quantitative estimate of drug-likeness (QED) is 0.507. The Morgan fingerprint density at radius 2 is 2.20 bits per heavy atom. The van der Waals surface area contributed by atoms with Gasteiger partial charge in [0.1, 0.15) is 6.04 Å². The summed E-state index contributed by atoms with van der Waals surface area (Å²) in [6.45, 7) is 1.75. The van der Waals surface area contributed by atoms with E-state index in [2.05, 4.69) is 0 Å². The number of hydrogen-bond acceptors (Lipinski definition) is 3. The lowest BCUT2D eigenvalue weighted by atomic mass is 10.2. The Morgan fingerprint density at radius 3 is 2.30 bits per heavy atom. The molecule has 0 heterocycles.